The van der Waals surface area contributed by atoms with Crippen LogP contribution in [0.25, 0.3) is 0 Å². The number of piperidine rings is 1. The Morgan fingerprint density at radius 3 is 2.46 bits per heavy atom. The molecule has 0 spiro atoms. The van der Waals surface area contributed by atoms with E-state index in [1.165, 1.54) is 12.8 Å². The van der Waals surface area contributed by atoms with E-state index in [1.807, 2.05) is 48.5 Å². The quantitative estimate of drug-likeness (QED) is 0.724. The van der Waals surface area contributed by atoms with Crippen LogP contribution in [0.1, 0.15) is 43.2 Å². The maximum absolute atomic E-state index is 12.5. The number of para-hydroxylation sites is 1. The van der Waals surface area contributed by atoms with Gasteiger partial charge in [-0.3, -0.25) is 4.79 Å². The molecule has 2 saturated heterocycles. The van der Waals surface area contributed by atoms with Gasteiger partial charge in [0.1, 0.15) is 12.4 Å². The molecule has 2 N–H and O–H groups in total. The van der Waals surface area contributed by atoms with Gasteiger partial charge in [0.2, 0.25) is 5.91 Å². The van der Waals surface area contributed by atoms with E-state index in [2.05, 4.69) is 10.6 Å². The van der Waals surface area contributed by atoms with Crippen LogP contribution in [0, 0.1) is 5.92 Å². The molecule has 2 aliphatic rings. The number of carbonyl (C=O) groups is 1. The summed E-state index contributed by atoms with van der Waals surface area (Å²) in [6.45, 7) is 0.951. The Bertz CT molecular complexity index is 814. The largest absolute Gasteiger partial charge is 0.487 e. The van der Waals surface area contributed by atoms with Gasteiger partial charge in [0.05, 0.1) is 5.02 Å². The van der Waals surface area contributed by atoms with Gasteiger partial charge in [0, 0.05) is 25.0 Å². The molecule has 2 bridgehead atoms. The first-order valence-electron chi connectivity index (χ1n) is 10.1. The van der Waals surface area contributed by atoms with Gasteiger partial charge >= 0.3 is 0 Å². The molecular weight excluding hydrogens is 372 g/mol. The van der Waals surface area contributed by atoms with E-state index >= 15 is 0 Å². The highest BCUT2D eigenvalue weighted by molar-refractivity contribution is 6.32. The molecule has 2 fully saturated rings. The fraction of sp³-hybridized carbons (Fsp3) is 0.435. The zero-order valence-electron chi connectivity index (χ0n) is 16.0. The summed E-state index contributed by atoms with van der Waals surface area (Å²) in [5, 5.41) is 7.34. The van der Waals surface area contributed by atoms with Crippen molar-refractivity contribution in [1.29, 1.82) is 0 Å². The van der Waals surface area contributed by atoms with Crippen molar-refractivity contribution < 1.29 is 9.53 Å². The highest BCUT2D eigenvalue weighted by atomic mass is 35.5. The first kappa shape index (κ1) is 19.3. The van der Waals surface area contributed by atoms with E-state index in [0.717, 1.165) is 24.0 Å². The normalized spacial score (nSPS) is 23.4. The lowest BCUT2D eigenvalue weighted by atomic mass is 9.89. The predicted octanol–water partition coefficient (Wildman–Crippen LogP) is 4.46. The van der Waals surface area contributed by atoms with Crippen molar-refractivity contribution in [1.82, 2.24) is 10.6 Å². The summed E-state index contributed by atoms with van der Waals surface area (Å²) in [5.74, 6) is 1.33. The van der Waals surface area contributed by atoms with Crippen molar-refractivity contribution >= 4 is 17.5 Å². The molecule has 0 radical (unpaired) electrons. The van der Waals surface area contributed by atoms with Crippen LogP contribution in [0.15, 0.2) is 48.5 Å². The van der Waals surface area contributed by atoms with Crippen molar-refractivity contribution in [2.45, 2.75) is 57.3 Å². The number of fused-ring (bicyclic) bond motifs is 2. The molecule has 4 rings (SSSR count). The Morgan fingerprint density at radius 2 is 1.71 bits per heavy atom. The summed E-state index contributed by atoms with van der Waals surface area (Å²) in [6.07, 6.45) is 5.43. The third kappa shape index (κ3) is 4.86. The molecule has 2 aromatic carbocycles. The first-order valence-corrected chi connectivity index (χ1v) is 10.5. The molecule has 5 heteroatoms. The highest BCUT2D eigenvalue weighted by Gasteiger charge is 2.34. The minimum absolute atomic E-state index is 0.146. The second kappa shape index (κ2) is 8.97. The standard InChI is InChI=1S/C23H27ClN2O2/c24-21-7-3-4-8-22(21)28-15-18-6-2-1-5-17(18)14-25-23(27)13-16-11-19-9-10-20(12-16)26-19/h1-8,16,19-20,26H,9-15H2,(H,25,27). The van der Waals surface area contributed by atoms with Gasteiger partial charge in [-0.1, -0.05) is 48.0 Å². The fourth-order valence-corrected chi connectivity index (χ4v) is 4.65. The molecule has 2 atom stereocenters. The van der Waals surface area contributed by atoms with Gasteiger partial charge in [-0.05, 0) is 54.9 Å². The molecule has 2 heterocycles. The third-order valence-corrected chi connectivity index (χ3v) is 6.17. The van der Waals surface area contributed by atoms with Crippen molar-refractivity contribution in [3.8, 4) is 5.75 Å². The Labute approximate surface area is 171 Å². The van der Waals surface area contributed by atoms with Crippen molar-refractivity contribution in [3.05, 3.63) is 64.7 Å². The number of amides is 1. The van der Waals surface area contributed by atoms with E-state index in [1.54, 1.807) is 0 Å². The minimum atomic E-state index is 0.146. The molecular formula is C23H27ClN2O2. The zero-order chi connectivity index (χ0) is 19.3. The van der Waals surface area contributed by atoms with Crippen LogP contribution >= 0.6 is 11.6 Å². The number of rotatable bonds is 7. The van der Waals surface area contributed by atoms with Gasteiger partial charge in [-0.25, -0.2) is 0 Å². The molecule has 4 nitrogen and oxygen atoms in total. The molecule has 2 unspecified atom stereocenters. The molecule has 28 heavy (non-hydrogen) atoms. The van der Waals surface area contributed by atoms with E-state index in [0.29, 0.717) is 48.3 Å². The topological polar surface area (TPSA) is 50.4 Å². The minimum Gasteiger partial charge on any atom is -0.487 e. The Kier molecular flexibility index (Phi) is 6.18. The number of carbonyl (C=O) groups excluding carboxylic acids is 1. The van der Waals surface area contributed by atoms with Crippen molar-refractivity contribution in [3.63, 3.8) is 0 Å². The van der Waals surface area contributed by atoms with Gasteiger partial charge in [0.25, 0.3) is 0 Å². The smallest absolute Gasteiger partial charge is 0.220 e. The number of ether oxygens (including phenoxy) is 1. The second-order valence-corrected chi connectivity index (χ2v) is 8.35. The molecule has 0 aliphatic carbocycles. The molecule has 148 valence electrons. The zero-order valence-corrected chi connectivity index (χ0v) is 16.8. The maximum Gasteiger partial charge on any atom is 0.220 e. The lowest BCUT2D eigenvalue weighted by molar-refractivity contribution is -0.122. The summed E-state index contributed by atoms with van der Waals surface area (Å²) in [5.41, 5.74) is 2.14. The average molecular weight is 399 g/mol. The summed E-state index contributed by atoms with van der Waals surface area (Å²) >= 11 is 6.16. The number of benzene rings is 2. The van der Waals surface area contributed by atoms with Crippen LogP contribution < -0.4 is 15.4 Å². The molecule has 2 aliphatic heterocycles. The number of hydrogen-bond acceptors (Lipinski definition) is 3. The average Bonchev–Trinajstić information content (AvgIpc) is 3.04. The van der Waals surface area contributed by atoms with E-state index in [9.17, 15) is 4.79 Å². The molecule has 2 aromatic rings. The third-order valence-electron chi connectivity index (χ3n) is 5.86. The second-order valence-electron chi connectivity index (χ2n) is 7.94. The van der Waals surface area contributed by atoms with Crippen LogP contribution in [-0.4, -0.2) is 18.0 Å². The monoisotopic (exact) mass is 398 g/mol. The number of nitrogens with one attached hydrogen (secondary N) is 2. The van der Waals surface area contributed by atoms with Gasteiger partial charge in [0.15, 0.2) is 0 Å². The first-order chi connectivity index (χ1) is 13.7. The molecule has 0 saturated carbocycles. The van der Waals surface area contributed by atoms with Crippen LogP contribution in [-0.2, 0) is 17.9 Å². The lowest BCUT2D eigenvalue weighted by Crippen LogP contribution is -2.39. The summed E-state index contributed by atoms with van der Waals surface area (Å²) in [4.78, 5) is 12.5. The summed E-state index contributed by atoms with van der Waals surface area (Å²) < 4.78 is 5.87. The fourth-order valence-electron chi connectivity index (χ4n) is 4.46. The van der Waals surface area contributed by atoms with Crippen LogP contribution in [0.4, 0.5) is 0 Å². The van der Waals surface area contributed by atoms with Crippen LogP contribution in [0.2, 0.25) is 5.02 Å². The van der Waals surface area contributed by atoms with Crippen molar-refractivity contribution in [2.75, 3.05) is 0 Å². The van der Waals surface area contributed by atoms with Crippen LogP contribution in [0.3, 0.4) is 0 Å². The number of halogens is 1. The SMILES string of the molecule is O=C(CC1CC2CCC(C1)N2)NCc1ccccc1COc1ccccc1Cl. The van der Waals surface area contributed by atoms with E-state index in [4.69, 9.17) is 16.3 Å². The molecule has 0 aromatic heterocycles. The van der Waals surface area contributed by atoms with Gasteiger partial charge in [-0.2, -0.15) is 0 Å². The maximum atomic E-state index is 12.5. The molecule has 1 amide bonds. The predicted molar refractivity (Wildman–Crippen MR) is 111 cm³/mol. The highest BCUT2D eigenvalue weighted by Crippen LogP contribution is 2.32. The van der Waals surface area contributed by atoms with Gasteiger partial charge < -0.3 is 15.4 Å². The van der Waals surface area contributed by atoms with E-state index in [-0.39, 0.29) is 5.91 Å². The summed E-state index contributed by atoms with van der Waals surface area (Å²) in [6, 6.07) is 16.8. The Balaban J connectivity index is 1.30. The number of hydrogen-bond donors (Lipinski definition) is 2. The van der Waals surface area contributed by atoms with E-state index < -0.39 is 0 Å². The Hall–Kier alpha value is -2.04. The van der Waals surface area contributed by atoms with Gasteiger partial charge in [-0.15, -0.1) is 0 Å². The van der Waals surface area contributed by atoms with Crippen molar-refractivity contribution in [2.24, 2.45) is 5.92 Å². The summed E-state index contributed by atoms with van der Waals surface area (Å²) in [7, 11) is 0. The lowest BCUT2D eigenvalue weighted by Gasteiger charge is -2.28. The Morgan fingerprint density at radius 1 is 1.04 bits per heavy atom. The van der Waals surface area contributed by atoms with Crippen LogP contribution in [0.5, 0.6) is 5.75 Å².